The van der Waals surface area contributed by atoms with Gasteiger partial charge in [0.1, 0.15) is 0 Å². The van der Waals surface area contributed by atoms with Gasteiger partial charge in [0.15, 0.2) is 0 Å². The number of amides is 2. The average molecular weight is 229 g/mol. The molecule has 92 valence electrons. The van der Waals surface area contributed by atoms with Gasteiger partial charge in [-0.15, -0.1) is 0 Å². The van der Waals surface area contributed by atoms with E-state index < -0.39 is 6.09 Å². The number of carbonyl (C=O) groups is 2. The van der Waals surface area contributed by atoms with Crippen molar-refractivity contribution in [2.45, 2.75) is 25.8 Å². The molecule has 6 heteroatoms. The number of piperidine rings is 1. The van der Waals surface area contributed by atoms with Crippen LogP contribution < -0.4 is 11.1 Å². The largest absolute Gasteiger partial charge is 0.450 e. The lowest BCUT2D eigenvalue weighted by Crippen LogP contribution is -2.45. The van der Waals surface area contributed by atoms with Crippen LogP contribution >= 0.6 is 0 Å². The van der Waals surface area contributed by atoms with E-state index >= 15 is 0 Å². The number of ether oxygens (including phenoxy) is 1. The van der Waals surface area contributed by atoms with E-state index in [4.69, 9.17) is 5.73 Å². The minimum absolute atomic E-state index is 0.228. The van der Waals surface area contributed by atoms with Gasteiger partial charge in [-0.1, -0.05) is 0 Å². The first-order valence-electron chi connectivity index (χ1n) is 5.56. The number of nitrogens with one attached hydrogen (secondary N) is 1. The normalized spacial score (nSPS) is 18.1. The maximum atomic E-state index is 11.4. The Morgan fingerprint density at radius 1 is 1.44 bits per heavy atom. The van der Waals surface area contributed by atoms with E-state index in [0.29, 0.717) is 0 Å². The summed E-state index contributed by atoms with van der Waals surface area (Å²) in [5.74, 6) is -0.325. The molecule has 2 amide bonds. The van der Waals surface area contributed by atoms with Gasteiger partial charge in [0, 0.05) is 19.1 Å². The molecule has 0 saturated carbocycles. The number of hydrogen-bond acceptors (Lipinski definition) is 5. The van der Waals surface area contributed by atoms with Crippen LogP contribution in [-0.2, 0) is 9.53 Å². The van der Waals surface area contributed by atoms with Crippen LogP contribution in [0.25, 0.3) is 0 Å². The van der Waals surface area contributed by atoms with Gasteiger partial charge in [-0.25, -0.2) is 4.79 Å². The number of nitrogens with two attached hydrogens (primary N) is 1. The van der Waals surface area contributed by atoms with E-state index in [0.717, 1.165) is 25.9 Å². The molecule has 0 atom stereocenters. The van der Waals surface area contributed by atoms with Crippen molar-refractivity contribution in [1.29, 1.82) is 0 Å². The highest BCUT2D eigenvalue weighted by Crippen LogP contribution is 2.07. The third-order valence-electron chi connectivity index (χ3n) is 2.52. The molecule has 1 aliphatic rings. The molecule has 3 N–H and O–H groups in total. The molecule has 0 aliphatic carbocycles. The smallest absolute Gasteiger partial charge is 0.413 e. The fourth-order valence-corrected chi connectivity index (χ4v) is 1.63. The van der Waals surface area contributed by atoms with Crippen molar-refractivity contribution in [3.05, 3.63) is 0 Å². The Bertz CT molecular complexity index is 250. The van der Waals surface area contributed by atoms with Gasteiger partial charge in [0.2, 0.25) is 5.91 Å². The zero-order chi connectivity index (χ0) is 12.0. The maximum absolute atomic E-state index is 11.4. The van der Waals surface area contributed by atoms with Crippen LogP contribution in [0.15, 0.2) is 0 Å². The summed E-state index contributed by atoms with van der Waals surface area (Å²) in [6.07, 6.45) is 1.11. The number of alkyl carbamates (subject to hydrolysis) is 1. The predicted octanol–water partition coefficient (Wildman–Crippen LogP) is -0.318. The molecular weight excluding hydrogens is 210 g/mol. The van der Waals surface area contributed by atoms with Gasteiger partial charge < -0.3 is 10.5 Å². The molecule has 1 aliphatic heterocycles. The van der Waals surface area contributed by atoms with Crippen molar-refractivity contribution < 1.29 is 14.3 Å². The van der Waals surface area contributed by atoms with Crippen LogP contribution in [0.5, 0.6) is 0 Å². The highest BCUT2D eigenvalue weighted by molar-refractivity contribution is 5.92. The Morgan fingerprint density at radius 3 is 2.62 bits per heavy atom. The molecule has 16 heavy (non-hydrogen) atoms. The topological polar surface area (TPSA) is 84.7 Å². The van der Waals surface area contributed by atoms with Crippen LogP contribution in [0.3, 0.4) is 0 Å². The Kier molecular flexibility index (Phi) is 5.21. The fraction of sp³-hybridized carbons (Fsp3) is 0.800. The molecule has 0 spiro atoms. The van der Waals surface area contributed by atoms with Gasteiger partial charge in [-0.3, -0.25) is 15.0 Å². The van der Waals surface area contributed by atoms with Crippen LogP contribution in [0, 0.1) is 0 Å². The third kappa shape index (κ3) is 4.59. The van der Waals surface area contributed by atoms with Gasteiger partial charge >= 0.3 is 6.09 Å². The molecule has 0 aromatic rings. The molecule has 1 heterocycles. The summed E-state index contributed by atoms with van der Waals surface area (Å²) >= 11 is 0. The lowest BCUT2D eigenvalue weighted by atomic mass is 10.1. The monoisotopic (exact) mass is 229 g/mol. The second kappa shape index (κ2) is 6.44. The fourth-order valence-electron chi connectivity index (χ4n) is 1.63. The number of hydrogen-bond donors (Lipinski definition) is 2. The van der Waals surface area contributed by atoms with E-state index in [1.165, 1.54) is 0 Å². The maximum Gasteiger partial charge on any atom is 0.413 e. The molecule has 6 nitrogen and oxygen atoms in total. The molecule has 1 fully saturated rings. The molecular formula is C10H19N3O3. The van der Waals surface area contributed by atoms with Gasteiger partial charge in [0.25, 0.3) is 0 Å². The number of nitrogens with zero attached hydrogens (tertiary/aromatic N) is 1. The minimum atomic E-state index is -0.679. The highest BCUT2D eigenvalue weighted by Gasteiger charge is 2.19. The van der Waals surface area contributed by atoms with Crippen molar-refractivity contribution >= 4 is 12.0 Å². The summed E-state index contributed by atoms with van der Waals surface area (Å²) in [7, 11) is 0. The van der Waals surface area contributed by atoms with Crippen molar-refractivity contribution in [1.82, 2.24) is 10.2 Å². The average Bonchev–Trinajstić information content (AvgIpc) is 2.21. The van der Waals surface area contributed by atoms with E-state index in [-0.39, 0.29) is 25.1 Å². The third-order valence-corrected chi connectivity index (χ3v) is 2.52. The standard InChI is InChI=1S/C10H19N3O3/c1-2-16-10(15)12-9(14)7-13-5-3-8(11)4-6-13/h8H,2-7,11H2,1H3,(H,12,14,15). The minimum Gasteiger partial charge on any atom is -0.450 e. The van der Waals surface area contributed by atoms with Gasteiger partial charge in [-0.2, -0.15) is 0 Å². The molecule has 0 aromatic heterocycles. The summed E-state index contributed by atoms with van der Waals surface area (Å²) in [5, 5.41) is 2.17. The van der Waals surface area contributed by atoms with Gasteiger partial charge in [0.05, 0.1) is 13.2 Å². The number of likely N-dealkylation sites (tertiary alicyclic amines) is 1. The lowest BCUT2D eigenvalue weighted by Gasteiger charge is -2.29. The number of rotatable bonds is 3. The Labute approximate surface area is 95.1 Å². The zero-order valence-corrected chi connectivity index (χ0v) is 9.57. The van der Waals surface area contributed by atoms with E-state index in [1.54, 1.807) is 6.92 Å². The SMILES string of the molecule is CCOC(=O)NC(=O)CN1CCC(N)CC1. The van der Waals surface area contributed by atoms with Crippen molar-refractivity contribution in [3.63, 3.8) is 0 Å². The Balaban J connectivity index is 2.21. The second-order valence-electron chi connectivity index (χ2n) is 3.88. The Morgan fingerprint density at radius 2 is 2.06 bits per heavy atom. The predicted molar refractivity (Wildman–Crippen MR) is 58.8 cm³/mol. The summed E-state index contributed by atoms with van der Waals surface area (Å²) in [6.45, 7) is 3.79. The summed E-state index contributed by atoms with van der Waals surface area (Å²) < 4.78 is 4.61. The first-order chi connectivity index (χ1) is 7.61. The molecule has 0 unspecified atom stereocenters. The van der Waals surface area contributed by atoms with Crippen LogP contribution in [-0.4, -0.2) is 49.2 Å². The van der Waals surface area contributed by atoms with E-state index in [2.05, 4.69) is 10.1 Å². The summed E-state index contributed by atoms with van der Waals surface area (Å²) in [4.78, 5) is 24.3. The number of imide groups is 1. The Hall–Kier alpha value is -1.14. The van der Waals surface area contributed by atoms with Crippen LogP contribution in [0.2, 0.25) is 0 Å². The molecule has 0 radical (unpaired) electrons. The lowest BCUT2D eigenvalue weighted by molar-refractivity contribution is -0.121. The molecule has 1 saturated heterocycles. The first-order valence-corrected chi connectivity index (χ1v) is 5.56. The van der Waals surface area contributed by atoms with Crippen molar-refractivity contribution in [2.75, 3.05) is 26.2 Å². The first kappa shape index (κ1) is 12.9. The quantitative estimate of drug-likeness (QED) is 0.693. The van der Waals surface area contributed by atoms with Crippen molar-refractivity contribution in [2.24, 2.45) is 5.73 Å². The second-order valence-corrected chi connectivity index (χ2v) is 3.88. The zero-order valence-electron chi connectivity index (χ0n) is 9.57. The number of carbonyl (C=O) groups excluding carboxylic acids is 2. The van der Waals surface area contributed by atoms with Crippen molar-refractivity contribution in [3.8, 4) is 0 Å². The molecule has 0 aromatic carbocycles. The van der Waals surface area contributed by atoms with Crippen LogP contribution in [0.1, 0.15) is 19.8 Å². The molecule has 0 bridgehead atoms. The summed E-state index contributed by atoms with van der Waals surface area (Å²) in [5.41, 5.74) is 5.75. The van der Waals surface area contributed by atoms with E-state index in [9.17, 15) is 9.59 Å². The van der Waals surface area contributed by atoms with Crippen LogP contribution in [0.4, 0.5) is 4.79 Å². The van der Waals surface area contributed by atoms with Gasteiger partial charge in [-0.05, 0) is 19.8 Å². The summed E-state index contributed by atoms with van der Waals surface area (Å²) in [6, 6.07) is 0.240. The molecule has 1 rings (SSSR count). The highest BCUT2D eigenvalue weighted by atomic mass is 16.5. The van der Waals surface area contributed by atoms with E-state index in [1.807, 2.05) is 4.90 Å².